The molecule has 2 rings (SSSR count). The molecule has 98 valence electrons. The Hall–Kier alpha value is -2.07. The van der Waals surface area contributed by atoms with E-state index in [0.29, 0.717) is 18.1 Å². The van der Waals surface area contributed by atoms with Crippen LogP contribution in [0.1, 0.15) is 5.56 Å². The van der Waals surface area contributed by atoms with Gasteiger partial charge < -0.3 is 9.13 Å². The highest BCUT2D eigenvalue weighted by Crippen LogP contribution is 2.09. The lowest BCUT2D eigenvalue weighted by Crippen LogP contribution is -2.40. The fraction of sp³-hybridized carbons (Fsp3) is 0.143. The lowest BCUT2D eigenvalue weighted by Gasteiger charge is -2.07. The van der Waals surface area contributed by atoms with Gasteiger partial charge in [-0.05, 0) is 17.7 Å². The van der Waals surface area contributed by atoms with Gasteiger partial charge in [0.15, 0.2) is 0 Å². The molecule has 0 N–H and O–H groups in total. The van der Waals surface area contributed by atoms with E-state index >= 15 is 0 Å². The van der Waals surface area contributed by atoms with E-state index in [1.165, 1.54) is 9.13 Å². The number of hydrogen-bond acceptors (Lipinski definition) is 2. The minimum Gasteiger partial charge on any atom is -0.306 e. The Morgan fingerprint density at radius 1 is 1.05 bits per heavy atom. The Morgan fingerprint density at radius 3 is 2.26 bits per heavy atom. The Balaban J connectivity index is 2.34. The second kappa shape index (κ2) is 5.71. The zero-order chi connectivity index (χ0) is 13.8. The summed E-state index contributed by atoms with van der Waals surface area (Å²) in [5, 5.41) is 0.637. The van der Waals surface area contributed by atoms with Crippen LogP contribution in [0.15, 0.2) is 58.9 Å². The average Bonchev–Trinajstić information content (AvgIpc) is 2.41. The van der Waals surface area contributed by atoms with Crippen LogP contribution in [-0.2, 0) is 13.1 Å². The maximum absolute atomic E-state index is 11.9. The largest absolute Gasteiger partial charge is 0.316 e. The van der Waals surface area contributed by atoms with Gasteiger partial charge in [0.25, 0.3) is 0 Å². The molecule has 19 heavy (non-hydrogen) atoms. The zero-order valence-electron chi connectivity index (χ0n) is 10.3. The lowest BCUT2D eigenvalue weighted by molar-refractivity contribution is 0.673. The molecule has 0 bridgehead atoms. The van der Waals surface area contributed by atoms with Gasteiger partial charge in [-0.2, -0.15) is 0 Å². The van der Waals surface area contributed by atoms with E-state index < -0.39 is 11.1 Å². The Bertz CT molecular complexity index is 699. The first kappa shape index (κ1) is 13.4. The van der Waals surface area contributed by atoms with Crippen molar-refractivity contribution < 1.29 is 0 Å². The normalized spacial score (nSPS) is 10.4. The highest BCUT2D eigenvalue weighted by atomic mass is 35.5. The summed E-state index contributed by atoms with van der Waals surface area (Å²) in [5.74, 6) is 0. The number of aromatic nitrogens is 2. The van der Waals surface area contributed by atoms with Crippen molar-refractivity contribution in [2.75, 3.05) is 0 Å². The fourth-order valence-electron chi connectivity index (χ4n) is 1.74. The summed E-state index contributed by atoms with van der Waals surface area (Å²) in [6.07, 6.45) is 4.76. The summed E-state index contributed by atoms with van der Waals surface area (Å²) in [6.45, 7) is 4.22. The van der Waals surface area contributed by atoms with Crippen LogP contribution in [0, 0.1) is 0 Å². The van der Waals surface area contributed by atoms with E-state index in [-0.39, 0.29) is 0 Å². The monoisotopic (exact) mass is 276 g/mol. The van der Waals surface area contributed by atoms with Crippen LogP contribution in [0.25, 0.3) is 0 Å². The Kier molecular flexibility index (Phi) is 4.02. The molecule has 1 heterocycles. The van der Waals surface area contributed by atoms with Gasteiger partial charge in [0.05, 0.1) is 6.54 Å². The van der Waals surface area contributed by atoms with Crippen molar-refractivity contribution >= 4 is 11.6 Å². The molecule has 0 spiro atoms. The summed E-state index contributed by atoms with van der Waals surface area (Å²) >= 11 is 5.80. The molecule has 0 aliphatic carbocycles. The maximum atomic E-state index is 11.9. The van der Waals surface area contributed by atoms with Crippen LogP contribution >= 0.6 is 11.6 Å². The predicted octanol–water partition coefficient (Wildman–Crippen LogP) is 1.90. The van der Waals surface area contributed by atoms with Crippen LogP contribution < -0.4 is 11.1 Å². The van der Waals surface area contributed by atoms with Crippen molar-refractivity contribution in [1.29, 1.82) is 0 Å². The molecule has 0 aliphatic rings. The average molecular weight is 277 g/mol. The molecule has 2 aromatic rings. The third-order valence-electron chi connectivity index (χ3n) is 2.72. The number of benzene rings is 1. The van der Waals surface area contributed by atoms with E-state index in [1.54, 1.807) is 30.6 Å². The van der Waals surface area contributed by atoms with Crippen LogP contribution in [0.4, 0.5) is 0 Å². The van der Waals surface area contributed by atoms with Gasteiger partial charge >= 0.3 is 11.1 Å². The highest BCUT2D eigenvalue weighted by Gasteiger charge is 2.04. The third-order valence-corrected chi connectivity index (χ3v) is 2.98. The van der Waals surface area contributed by atoms with Gasteiger partial charge in [-0.15, -0.1) is 6.58 Å². The smallest absolute Gasteiger partial charge is 0.306 e. The number of hydrogen-bond donors (Lipinski definition) is 0. The van der Waals surface area contributed by atoms with Gasteiger partial charge in [0, 0.05) is 24.0 Å². The SMILES string of the molecule is C=CCn1ccn(Cc2ccc(Cl)cc2)c(=O)c1=O. The molecule has 0 unspecified atom stereocenters. The first-order chi connectivity index (χ1) is 9.11. The summed E-state index contributed by atoms with van der Waals surface area (Å²) in [6, 6.07) is 7.15. The van der Waals surface area contributed by atoms with E-state index in [2.05, 4.69) is 6.58 Å². The van der Waals surface area contributed by atoms with Gasteiger partial charge in [-0.25, -0.2) is 0 Å². The Morgan fingerprint density at radius 2 is 1.63 bits per heavy atom. The maximum Gasteiger partial charge on any atom is 0.316 e. The molecule has 1 aromatic carbocycles. The molecule has 0 aliphatic heterocycles. The second-order valence-electron chi connectivity index (χ2n) is 4.10. The second-order valence-corrected chi connectivity index (χ2v) is 4.54. The van der Waals surface area contributed by atoms with E-state index in [4.69, 9.17) is 11.6 Å². The summed E-state index contributed by atoms with van der Waals surface area (Å²) in [5.41, 5.74) is -0.178. The first-order valence-corrected chi connectivity index (χ1v) is 6.15. The van der Waals surface area contributed by atoms with Crippen LogP contribution in [-0.4, -0.2) is 9.13 Å². The minimum atomic E-state index is -0.545. The molecule has 0 amide bonds. The summed E-state index contributed by atoms with van der Waals surface area (Å²) in [7, 11) is 0. The molecule has 0 saturated heterocycles. The molecule has 5 heteroatoms. The van der Waals surface area contributed by atoms with Crippen molar-refractivity contribution in [3.8, 4) is 0 Å². The van der Waals surface area contributed by atoms with Crippen LogP contribution in [0.2, 0.25) is 5.02 Å². The molecular formula is C14H13ClN2O2. The van der Waals surface area contributed by atoms with Gasteiger partial charge in [0.2, 0.25) is 0 Å². The number of nitrogens with zero attached hydrogens (tertiary/aromatic N) is 2. The third kappa shape index (κ3) is 3.03. The van der Waals surface area contributed by atoms with Crippen molar-refractivity contribution in [1.82, 2.24) is 9.13 Å². The summed E-state index contributed by atoms with van der Waals surface area (Å²) < 4.78 is 2.71. The van der Waals surface area contributed by atoms with Crippen molar-refractivity contribution in [3.05, 3.63) is 80.6 Å². The molecule has 0 fully saturated rings. The lowest BCUT2D eigenvalue weighted by atomic mass is 10.2. The Labute approximate surface area is 115 Å². The van der Waals surface area contributed by atoms with Crippen LogP contribution in [0.3, 0.4) is 0 Å². The molecular weight excluding hydrogens is 264 g/mol. The van der Waals surface area contributed by atoms with Gasteiger partial charge in [0.1, 0.15) is 0 Å². The highest BCUT2D eigenvalue weighted by molar-refractivity contribution is 6.30. The van der Waals surface area contributed by atoms with E-state index in [0.717, 1.165) is 5.56 Å². The topological polar surface area (TPSA) is 44.0 Å². The zero-order valence-corrected chi connectivity index (χ0v) is 11.0. The standard InChI is InChI=1S/C14H13ClN2O2/c1-2-7-16-8-9-17(14(19)13(16)18)10-11-3-5-12(15)6-4-11/h2-6,8-9H,1,7,10H2. The number of rotatable bonds is 4. The van der Waals surface area contributed by atoms with Crippen molar-refractivity contribution in [2.24, 2.45) is 0 Å². The minimum absolute atomic E-state index is 0.329. The number of halogens is 1. The molecule has 0 atom stereocenters. The van der Waals surface area contributed by atoms with Gasteiger partial charge in [-0.3, -0.25) is 9.59 Å². The van der Waals surface area contributed by atoms with E-state index in [1.807, 2.05) is 12.1 Å². The van der Waals surface area contributed by atoms with Crippen molar-refractivity contribution in [2.45, 2.75) is 13.1 Å². The molecule has 4 nitrogen and oxygen atoms in total. The molecule has 0 saturated carbocycles. The van der Waals surface area contributed by atoms with Crippen molar-refractivity contribution in [3.63, 3.8) is 0 Å². The molecule has 1 aromatic heterocycles. The number of allylic oxidation sites excluding steroid dienone is 1. The first-order valence-electron chi connectivity index (χ1n) is 5.77. The van der Waals surface area contributed by atoms with E-state index in [9.17, 15) is 9.59 Å². The predicted molar refractivity (Wildman–Crippen MR) is 75.7 cm³/mol. The molecule has 0 radical (unpaired) electrons. The van der Waals surface area contributed by atoms with Crippen LogP contribution in [0.5, 0.6) is 0 Å². The fourth-order valence-corrected chi connectivity index (χ4v) is 1.86. The quantitative estimate of drug-likeness (QED) is 0.632. The summed E-state index contributed by atoms with van der Waals surface area (Å²) in [4.78, 5) is 23.7. The van der Waals surface area contributed by atoms with Gasteiger partial charge in [-0.1, -0.05) is 29.8 Å².